The van der Waals surface area contributed by atoms with Crippen molar-refractivity contribution in [3.05, 3.63) is 75.4 Å². The van der Waals surface area contributed by atoms with Gasteiger partial charge in [-0.05, 0) is 42.7 Å². The first-order valence-electron chi connectivity index (χ1n) is 7.27. The number of carbonyl (C=O) groups excluding carboxylic acids is 1. The zero-order valence-electron chi connectivity index (χ0n) is 12.9. The number of pyridine rings is 1. The van der Waals surface area contributed by atoms with E-state index in [-0.39, 0.29) is 12.5 Å². The Morgan fingerprint density at radius 3 is 2.65 bits per heavy atom. The number of carbonyl (C=O) groups is 1. The third-order valence-electron chi connectivity index (χ3n) is 3.90. The molecule has 0 atom stereocenters. The minimum Gasteiger partial charge on any atom is -0.422 e. The van der Waals surface area contributed by atoms with Crippen LogP contribution in [0.15, 0.2) is 51.9 Å². The van der Waals surface area contributed by atoms with Gasteiger partial charge in [0, 0.05) is 36.0 Å². The van der Waals surface area contributed by atoms with Crippen LogP contribution in [0.25, 0.3) is 11.0 Å². The van der Waals surface area contributed by atoms with Crippen molar-refractivity contribution in [2.24, 2.45) is 0 Å². The van der Waals surface area contributed by atoms with E-state index in [9.17, 15) is 9.59 Å². The van der Waals surface area contributed by atoms with E-state index in [1.165, 1.54) is 6.07 Å². The van der Waals surface area contributed by atoms with Crippen LogP contribution in [0.1, 0.15) is 27.0 Å². The van der Waals surface area contributed by atoms with E-state index in [2.05, 4.69) is 10.3 Å². The average molecular weight is 308 g/mol. The fraction of sp³-hybridized carbons (Fsp3) is 0.167. The molecular weight excluding hydrogens is 292 g/mol. The lowest BCUT2D eigenvalue weighted by Gasteiger charge is -2.10. The Hall–Kier alpha value is -2.95. The highest BCUT2D eigenvalue weighted by molar-refractivity contribution is 5.94. The summed E-state index contributed by atoms with van der Waals surface area (Å²) < 4.78 is 5.33. The van der Waals surface area contributed by atoms with Crippen LogP contribution >= 0.6 is 0 Å². The first kappa shape index (κ1) is 15.0. The summed E-state index contributed by atoms with van der Waals surface area (Å²) in [6.45, 7) is 4.14. The summed E-state index contributed by atoms with van der Waals surface area (Å²) in [6, 6.07) is 8.59. The van der Waals surface area contributed by atoms with Crippen molar-refractivity contribution in [3.63, 3.8) is 0 Å². The lowest BCUT2D eigenvalue weighted by atomic mass is 10.0. The lowest BCUT2D eigenvalue weighted by molar-refractivity contribution is 0.0951. The molecule has 0 saturated heterocycles. The molecule has 1 aromatic carbocycles. The van der Waals surface area contributed by atoms with Gasteiger partial charge in [0.25, 0.3) is 5.91 Å². The summed E-state index contributed by atoms with van der Waals surface area (Å²) in [5, 5.41) is 3.66. The van der Waals surface area contributed by atoms with E-state index in [0.717, 1.165) is 22.1 Å². The maximum Gasteiger partial charge on any atom is 0.336 e. The third-order valence-corrected chi connectivity index (χ3v) is 3.90. The summed E-state index contributed by atoms with van der Waals surface area (Å²) >= 11 is 0. The van der Waals surface area contributed by atoms with Crippen LogP contribution in [0.5, 0.6) is 0 Å². The summed E-state index contributed by atoms with van der Waals surface area (Å²) in [5.41, 5.74) is 3.41. The number of nitrogens with zero attached hydrogens (tertiary/aromatic N) is 1. The van der Waals surface area contributed by atoms with E-state index < -0.39 is 5.63 Å². The highest BCUT2D eigenvalue weighted by Crippen LogP contribution is 2.23. The van der Waals surface area contributed by atoms with Gasteiger partial charge in [-0.3, -0.25) is 9.78 Å². The molecule has 0 aliphatic rings. The second-order valence-electron chi connectivity index (χ2n) is 5.39. The van der Waals surface area contributed by atoms with Gasteiger partial charge in [0.1, 0.15) is 5.58 Å². The SMILES string of the molecule is Cc1ccc2c(CNC(=O)c3ccncc3)cc(=O)oc2c1C. The monoisotopic (exact) mass is 308 g/mol. The van der Waals surface area contributed by atoms with Crippen molar-refractivity contribution in [3.8, 4) is 0 Å². The number of aromatic nitrogens is 1. The molecule has 1 amide bonds. The van der Waals surface area contributed by atoms with Gasteiger partial charge in [0.2, 0.25) is 0 Å². The van der Waals surface area contributed by atoms with Crippen molar-refractivity contribution in [1.82, 2.24) is 10.3 Å². The second kappa shape index (κ2) is 6.04. The van der Waals surface area contributed by atoms with Gasteiger partial charge in [-0.1, -0.05) is 12.1 Å². The van der Waals surface area contributed by atoms with Crippen molar-refractivity contribution >= 4 is 16.9 Å². The van der Waals surface area contributed by atoms with Crippen LogP contribution in [0.3, 0.4) is 0 Å². The maximum atomic E-state index is 12.1. The molecule has 2 aromatic heterocycles. The molecule has 1 N–H and O–H groups in total. The molecule has 2 heterocycles. The minimum absolute atomic E-state index is 0.211. The van der Waals surface area contributed by atoms with Crippen LogP contribution in [-0.2, 0) is 6.54 Å². The number of aryl methyl sites for hydroxylation is 2. The fourth-order valence-electron chi connectivity index (χ4n) is 2.45. The van der Waals surface area contributed by atoms with Gasteiger partial charge in [0.15, 0.2) is 0 Å². The van der Waals surface area contributed by atoms with E-state index in [0.29, 0.717) is 11.1 Å². The summed E-state index contributed by atoms with van der Waals surface area (Å²) in [5.74, 6) is -0.211. The summed E-state index contributed by atoms with van der Waals surface area (Å²) in [7, 11) is 0. The molecule has 0 unspecified atom stereocenters. The van der Waals surface area contributed by atoms with Crippen LogP contribution in [0.2, 0.25) is 0 Å². The number of hydrogen-bond acceptors (Lipinski definition) is 4. The molecule has 0 radical (unpaired) electrons. The van der Waals surface area contributed by atoms with Gasteiger partial charge in [0.05, 0.1) is 0 Å². The van der Waals surface area contributed by atoms with Crippen LogP contribution in [0.4, 0.5) is 0 Å². The average Bonchev–Trinajstić information content (AvgIpc) is 2.57. The molecular formula is C18H16N2O3. The Kier molecular flexibility index (Phi) is 3.93. The summed E-state index contributed by atoms with van der Waals surface area (Å²) in [4.78, 5) is 27.8. The Balaban J connectivity index is 1.93. The Bertz CT molecular complexity index is 930. The second-order valence-corrected chi connectivity index (χ2v) is 5.39. The molecule has 5 heteroatoms. The number of nitrogens with one attached hydrogen (secondary N) is 1. The van der Waals surface area contributed by atoms with Crippen molar-refractivity contribution in [2.45, 2.75) is 20.4 Å². The maximum absolute atomic E-state index is 12.1. The highest BCUT2D eigenvalue weighted by Gasteiger charge is 2.11. The zero-order chi connectivity index (χ0) is 16.4. The Morgan fingerprint density at radius 2 is 1.91 bits per heavy atom. The quantitative estimate of drug-likeness (QED) is 0.755. The number of amides is 1. The van der Waals surface area contributed by atoms with E-state index in [1.807, 2.05) is 26.0 Å². The van der Waals surface area contributed by atoms with Gasteiger partial charge in [-0.2, -0.15) is 0 Å². The summed E-state index contributed by atoms with van der Waals surface area (Å²) in [6.07, 6.45) is 3.13. The Morgan fingerprint density at radius 1 is 1.17 bits per heavy atom. The molecule has 5 nitrogen and oxygen atoms in total. The molecule has 116 valence electrons. The van der Waals surface area contributed by atoms with Gasteiger partial charge in [-0.25, -0.2) is 4.79 Å². The largest absolute Gasteiger partial charge is 0.422 e. The van der Waals surface area contributed by atoms with Gasteiger partial charge in [-0.15, -0.1) is 0 Å². The topological polar surface area (TPSA) is 72.2 Å². The predicted molar refractivity (Wildman–Crippen MR) is 87.4 cm³/mol. The first-order chi connectivity index (χ1) is 11.1. The highest BCUT2D eigenvalue weighted by atomic mass is 16.4. The third kappa shape index (κ3) is 2.99. The molecule has 0 saturated carbocycles. The predicted octanol–water partition coefficient (Wildman–Crippen LogP) is 2.73. The van der Waals surface area contributed by atoms with E-state index >= 15 is 0 Å². The van der Waals surface area contributed by atoms with Gasteiger partial charge >= 0.3 is 5.63 Å². The lowest BCUT2D eigenvalue weighted by Crippen LogP contribution is -2.23. The number of hydrogen-bond donors (Lipinski definition) is 1. The molecule has 3 aromatic rings. The van der Waals surface area contributed by atoms with E-state index in [1.54, 1.807) is 24.5 Å². The standard InChI is InChI=1S/C18H16N2O3/c1-11-3-4-15-14(9-16(21)23-17(15)12(11)2)10-20-18(22)13-5-7-19-8-6-13/h3-9H,10H2,1-2H3,(H,20,22). The van der Waals surface area contributed by atoms with Crippen LogP contribution in [0, 0.1) is 13.8 Å². The molecule has 0 spiro atoms. The van der Waals surface area contributed by atoms with Crippen molar-refractivity contribution in [2.75, 3.05) is 0 Å². The van der Waals surface area contributed by atoms with Crippen LogP contribution in [-0.4, -0.2) is 10.9 Å². The molecule has 23 heavy (non-hydrogen) atoms. The van der Waals surface area contributed by atoms with E-state index in [4.69, 9.17) is 4.42 Å². The van der Waals surface area contributed by atoms with Crippen LogP contribution < -0.4 is 10.9 Å². The normalized spacial score (nSPS) is 10.7. The zero-order valence-corrected chi connectivity index (χ0v) is 12.9. The van der Waals surface area contributed by atoms with Gasteiger partial charge < -0.3 is 9.73 Å². The smallest absolute Gasteiger partial charge is 0.336 e. The first-order valence-corrected chi connectivity index (χ1v) is 7.27. The molecule has 3 rings (SSSR count). The molecule has 0 aliphatic heterocycles. The molecule has 0 aliphatic carbocycles. The molecule has 0 fully saturated rings. The van der Waals surface area contributed by atoms with Crippen molar-refractivity contribution < 1.29 is 9.21 Å². The Labute approximate surface area is 133 Å². The minimum atomic E-state index is -0.417. The number of rotatable bonds is 3. The molecule has 0 bridgehead atoms. The van der Waals surface area contributed by atoms with Crippen molar-refractivity contribution in [1.29, 1.82) is 0 Å². The number of fused-ring (bicyclic) bond motifs is 1. The fourth-order valence-corrected chi connectivity index (χ4v) is 2.45. The number of benzene rings is 1.